The van der Waals surface area contributed by atoms with E-state index in [1.807, 2.05) is 65.5 Å². The molecule has 0 spiro atoms. The number of piperidine rings is 1. The topological polar surface area (TPSA) is 182 Å². The number of aryl methyl sites for hydroxylation is 1. The quantitative estimate of drug-likeness (QED) is 0.0848. The Morgan fingerprint density at radius 1 is 0.911 bits per heavy atom. The number of benzene rings is 3. The Labute approximate surface area is 322 Å². The molecule has 0 saturated carbocycles. The van der Waals surface area contributed by atoms with E-state index in [-0.39, 0.29) is 48.0 Å². The molecule has 2 aliphatic rings. The number of carbonyl (C=O) groups is 6. The van der Waals surface area contributed by atoms with Crippen LogP contribution in [0.3, 0.4) is 0 Å². The first-order valence-electron chi connectivity index (χ1n) is 18.7. The monoisotopic (exact) mass is 755 g/mol. The minimum absolute atomic E-state index is 0.0237. The number of nitrogens with one attached hydrogen (secondary N) is 3. The van der Waals surface area contributed by atoms with Gasteiger partial charge >= 0.3 is 0 Å². The summed E-state index contributed by atoms with van der Waals surface area (Å²) < 4.78 is 7.64. The molecule has 14 heteroatoms. The van der Waals surface area contributed by atoms with Crippen LogP contribution in [0.5, 0.6) is 5.75 Å². The first kappa shape index (κ1) is 37.6. The van der Waals surface area contributed by atoms with Crippen LogP contribution in [-0.2, 0) is 20.9 Å². The molecule has 5 amide bonds. The lowest BCUT2D eigenvalue weighted by molar-refractivity contribution is -0.136. The average Bonchev–Trinajstić information content (AvgIpc) is 3.78. The van der Waals surface area contributed by atoms with Gasteiger partial charge in [-0.05, 0) is 61.7 Å². The number of amides is 5. The Kier molecular flexibility index (Phi) is 11.3. The Balaban J connectivity index is 0.867. The molecule has 3 aromatic carbocycles. The van der Waals surface area contributed by atoms with Gasteiger partial charge in [0.15, 0.2) is 5.78 Å². The van der Waals surface area contributed by atoms with Gasteiger partial charge in [-0.15, -0.1) is 0 Å². The number of hydrogen-bond acceptors (Lipinski definition) is 10. The Morgan fingerprint density at radius 3 is 2.52 bits per heavy atom. The van der Waals surface area contributed by atoms with Crippen molar-refractivity contribution >= 4 is 57.6 Å². The highest BCUT2D eigenvalue weighted by Crippen LogP contribution is 2.34. The molecule has 5 aromatic rings. The fourth-order valence-electron chi connectivity index (χ4n) is 7.06. The number of Topliss-reactive ketones (excluding diaryl/α,β-unsaturated/α-hetero) is 1. The Morgan fingerprint density at radius 2 is 1.71 bits per heavy atom. The van der Waals surface area contributed by atoms with E-state index in [0.29, 0.717) is 24.1 Å². The van der Waals surface area contributed by atoms with Gasteiger partial charge in [0.05, 0.1) is 33.6 Å². The second-order valence-corrected chi connectivity index (χ2v) is 13.8. The Bertz CT molecular complexity index is 2340. The van der Waals surface area contributed by atoms with E-state index in [2.05, 4.69) is 20.9 Å². The lowest BCUT2D eigenvalue weighted by Gasteiger charge is -2.27. The minimum atomic E-state index is -1.08. The third-order valence-corrected chi connectivity index (χ3v) is 9.98. The molecular formula is C42H41N7O7. The summed E-state index contributed by atoms with van der Waals surface area (Å²) in [6.45, 7) is 0.499. The highest BCUT2D eigenvalue weighted by Gasteiger charge is 2.46. The van der Waals surface area contributed by atoms with Gasteiger partial charge in [0.2, 0.25) is 11.8 Å². The zero-order chi connectivity index (χ0) is 39.2. The van der Waals surface area contributed by atoms with Gasteiger partial charge in [-0.1, -0.05) is 49.6 Å². The number of imide groups is 2. The van der Waals surface area contributed by atoms with Gasteiger partial charge in [0, 0.05) is 55.5 Å². The van der Waals surface area contributed by atoms with E-state index in [1.165, 1.54) is 12.1 Å². The summed E-state index contributed by atoms with van der Waals surface area (Å²) in [5.41, 5.74) is 4.56. The molecule has 3 N–H and O–H groups in total. The lowest BCUT2D eigenvalue weighted by Crippen LogP contribution is -2.54. The summed E-state index contributed by atoms with van der Waals surface area (Å²) in [7, 11) is 1.60. The largest absolute Gasteiger partial charge is 0.485 e. The highest BCUT2D eigenvalue weighted by atomic mass is 16.5. The second-order valence-electron chi connectivity index (χ2n) is 13.8. The number of fused-ring (bicyclic) bond motifs is 2. The first-order valence-corrected chi connectivity index (χ1v) is 18.7. The van der Waals surface area contributed by atoms with Crippen LogP contribution in [0.4, 0.5) is 11.4 Å². The van der Waals surface area contributed by atoms with Crippen molar-refractivity contribution in [3.8, 4) is 17.0 Å². The molecule has 1 unspecified atom stereocenters. The van der Waals surface area contributed by atoms with E-state index in [1.54, 1.807) is 19.3 Å². The zero-order valence-corrected chi connectivity index (χ0v) is 30.9. The molecule has 1 fully saturated rings. The molecule has 4 heterocycles. The fraction of sp³-hybridized carbons (Fsp3) is 0.286. The maximum atomic E-state index is 13.3. The van der Waals surface area contributed by atoms with Crippen LogP contribution in [0.15, 0.2) is 85.2 Å². The van der Waals surface area contributed by atoms with Gasteiger partial charge in [-0.2, -0.15) is 5.10 Å². The molecule has 2 aliphatic heterocycles. The molecular weight excluding hydrogens is 715 g/mol. The standard InChI is InChI=1S/C42H41N7O7/c1-43-39(52)31-24-44-33-17-16-26(23-30(33)38(31)45-27-11-6-5-7-12-27)32-20-22-48(47-32)21-9-4-2-3-8-13-28(50)25-56-35-15-10-14-29-37(35)42(55)49(41(29)54)34-18-19-36(51)46-40(34)53/h5-7,10-12,14-17,20,22-24,34H,2-4,8-9,13,18-19,21,25H2,1H3,(H,43,52)(H,44,45)(H,46,51,53). The predicted molar refractivity (Wildman–Crippen MR) is 207 cm³/mol. The number of pyridine rings is 1. The number of rotatable bonds is 16. The van der Waals surface area contributed by atoms with Crippen molar-refractivity contribution in [2.75, 3.05) is 19.0 Å². The molecule has 14 nitrogen and oxygen atoms in total. The van der Waals surface area contributed by atoms with Gasteiger partial charge in [0.25, 0.3) is 17.7 Å². The molecule has 0 bridgehead atoms. The number of aromatic nitrogens is 3. The lowest BCUT2D eigenvalue weighted by atomic mass is 10.0. The number of para-hydroxylation sites is 1. The minimum Gasteiger partial charge on any atom is -0.485 e. The van der Waals surface area contributed by atoms with Crippen LogP contribution in [0, 0.1) is 0 Å². The van der Waals surface area contributed by atoms with Crippen molar-refractivity contribution < 1.29 is 33.5 Å². The molecule has 1 atom stereocenters. The average molecular weight is 756 g/mol. The molecule has 7 rings (SSSR count). The van der Waals surface area contributed by atoms with Crippen LogP contribution in [0.2, 0.25) is 0 Å². The van der Waals surface area contributed by atoms with Crippen LogP contribution >= 0.6 is 0 Å². The van der Waals surface area contributed by atoms with Crippen molar-refractivity contribution in [3.05, 3.63) is 102 Å². The number of ether oxygens (including phenoxy) is 1. The van der Waals surface area contributed by atoms with E-state index in [9.17, 15) is 28.8 Å². The van der Waals surface area contributed by atoms with E-state index >= 15 is 0 Å². The van der Waals surface area contributed by atoms with E-state index in [4.69, 9.17) is 9.84 Å². The maximum absolute atomic E-state index is 13.3. The van der Waals surface area contributed by atoms with Gasteiger partial charge in [0.1, 0.15) is 18.4 Å². The van der Waals surface area contributed by atoms with Gasteiger partial charge in [-0.3, -0.25) is 48.6 Å². The van der Waals surface area contributed by atoms with Gasteiger partial charge in [-0.25, -0.2) is 0 Å². The number of nitrogens with zero attached hydrogens (tertiary/aromatic N) is 4. The zero-order valence-electron chi connectivity index (χ0n) is 30.9. The number of ketones is 1. The Hall–Kier alpha value is -6.70. The van der Waals surface area contributed by atoms with Crippen molar-refractivity contribution in [2.24, 2.45) is 0 Å². The normalized spacial score (nSPS) is 15.2. The fourth-order valence-corrected chi connectivity index (χ4v) is 7.06. The van der Waals surface area contributed by atoms with Crippen molar-refractivity contribution in [2.45, 2.75) is 64.0 Å². The summed E-state index contributed by atoms with van der Waals surface area (Å²) in [5, 5.41) is 13.9. The number of anilines is 2. The molecule has 0 radical (unpaired) electrons. The van der Waals surface area contributed by atoms with E-state index < -0.39 is 29.7 Å². The summed E-state index contributed by atoms with van der Waals surface area (Å²) in [4.78, 5) is 81.1. The van der Waals surface area contributed by atoms with Crippen molar-refractivity contribution in [3.63, 3.8) is 0 Å². The summed E-state index contributed by atoms with van der Waals surface area (Å²) >= 11 is 0. The third kappa shape index (κ3) is 8.04. The summed E-state index contributed by atoms with van der Waals surface area (Å²) in [6.07, 6.45) is 8.34. The maximum Gasteiger partial charge on any atom is 0.266 e. The molecule has 56 heavy (non-hydrogen) atoms. The number of hydrogen-bond donors (Lipinski definition) is 3. The van der Waals surface area contributed by atoms with Crippen LogP contribution < -0.4 is 20.7 Å². The molecule has 0 aliphatic carbocycles. The van der Waals surface area contributed by atoms with Crippen LogP contribution in [0.25, 0.3) is 22.2 Å². The first-order chi connectivity index (χ1) is 27.2. The van der Waals surface area contributed by atoms with Crippen molar-refractivity contribution in [1.82, 2.24) is 30.3 Å². The van der Waals surface area contributed by atoms with Crippen LogP contribution in [0.1, 0.15) is 82.4 Å². The molecule has 2 aromatic heterocycles. The number of carbonyl (C=O) groups excluding carboxylic acids is 6. The smallest absolute Gasteiger partial charge is 0.266 e. The summed E-state index contributed by atoms with van der Waals surface area (Å²) in [6, 6.07) is 21.1. The molecule has 1 saturated heterocycles. The molecule has 286 valence electrons. The van der Waals surface area contributed by atoms with E-state index in [0.717, 1.165) is 65.0 Å². The highest BCUT2D eigenvalue weighted by molar-refractivity contribution is 6.24. The SMILES string of the molecule is CNC(=O)c1cnc2ccc(-c3ccn(CCCCCCCC(=O)COc4cccc5c4C(=O)N(C4CCC(=O)NC4=O)C5=O)n3)cc2c1Nc1ccccc1. The van der Waals surface area contributed by atoms with Crippen LogP contribution in [-0.4, -0.2) is 74.7 Å². The second kappa shape index (κ2) is 16.8. The number of unbranched alkanes of at least 4 members (excludes halogenated alkanes) is 4. The summed E-state index contributed by atoms with van der Waals surface area (Å²) in [5.74, 6) is -2.68. The predicted octanol–water partition coefficient (Wildman–Crippen LogP) is 5.59. The van der Waals surface area contributed by atoms with Crippen molar-refractivity contribution in [1.29, 1.82) is 0 Å². The third-order valence-electron chi connectivity index (χ3n) is 9.98. The van der Waals surface area contributed by atoms with Gasteiger partial charge < -0.3 is 15.4 Å².